The number of aromatic nitrogens is 2. The molecule has 1 fully saturated rings. The fourth-order valence-corrected chi connectivity index (χ4v) is 3.42. The molecule has 1 aliphatic rings. The Hall–Kier alpha value is -3.35. The van der Waals surface area contributed by atoms with Crippen molar-refractivity contribution >= 4 is 11.6 Å². The lowest BCUT2D eigenvalue weighted by Gasteiger charge is -2.33. The van der Waals surface area contributed by atoms with Gasteiger partial charge in [0.05, 0.1) is 5.69 Å². The van der Waals surface area contributed by atoms with Crippen molar-refractivity contribution in [3.8, 4) is 17.0 Å². The summed E-state index contributed by atoms with van der Waals surface area (Å²) in [6.45, 7) is 1.61. The van der Waals surface area contributed by atoms with Gasteiger partial charge in [-0.3, -0.25) is 9.89 Å². The molecule has 1 aromatic heterocycles. The number of amides is 1. The van der Waals surface area contributed by atoms with Crippen LogP contribution in [-0.4, -0.2) is 40.3 Å². The monoisotopic (exact) mass is 380 g/mol. The minimum Gasteiger partial charge on any atom is -0.508 e. The number of carbonyl (C=O) groups is 1. The summed E-state index contributed by atoms with van der Waals surface area (Å²) in [6.07, 6.45) is 1.64. The van der Waals surface area contributed by atoms with E-state index in [9.17, 15) is 14.3 Å². The molecule has 0 radical (unpaired) electrons. The van der Waals surface area contributed by atoms with Crippen LogP contribution >= 0.6 is 0 Å². The van der Waals surface area contributed by atoms with Gasteiger partial charge in [-0.15, -0.1) is 0 Å². The SMILES string of the molecule is O=C(NC1CCN(c2ccc(F)cc2)CC1)c1cc(-c2ccc(O)cc2)n[nH]1. The molecule has 3 N–H and O–H groups in total. The van der Waals surface area contributed by atoms with Gasteiger partial charge < -0.3 is 15.3 Å². The van der Waals surface area contributed by atoms with E-state index in [1.54, 1.807) is 42.5 Å². The van der Waals surface area contributed by atoms with E-state index < -0.39 is 0 Å². The topological polar surface area (TPSA) is 81.2 Å². The molecule has 1 amide bonds. The van der Waals surface area contributed by atoms with Crippen LogP contribution in [0.4, 0.5) is 10.1 Å². The van der Waals surface area contributed by atoms with Gasteiger partial charge in [0.1, 0.15) is 17.3 Å². The summed E-state index contributed by atoms with van der Waals surface area (Å²) in [7, 11) is 0. The molecule has 0 bridgehead atoms. The van der Waals surface area contributed by atoms with Gasteiger partial charge in [0.2, 0.25) is 0 Å². The van der Waals surface area contributed by atoms with Crippen LogP contribution in [0.5, 0.6) is 5.75 Å². The highest BCUT2D eigenvalue weighted by atomic mass is 19.1. The highest BCUT2D eigenvalue weighted by molar-refractivity contribution is 5.93. The van der Waals surface area contributed by atoms with Crippen LogP contribution < -0.4 is 10.2 Å². The Balaban J connectivity index is 1.33. The van der Waals surface area contributed by atoms with E-state index >= 15 is 0 Å². The highest BCUT2D eigenvalue weighted by Gasteiger charge is 2.22. The standard InChI is InChI=1S/C21H21FN4O2/c22-15-3-5-17(6-4-15)26-11-9-16(10-12-26)23-21(28)20-13-19(24-25-20)14-1-7-18(27)8-2-14/h1-8,13,16,27H,9-12H2,(H,23,28)(H,24,25). The van der Waals surface area contributed by atoms with E-state index in [1.165, 1.54) is 12.1 Å². The van der Waals surface area contributed by atoms with Gasteiger partial charge in [0, 0.05) is 30.4 Å². The number of benzene rings is 2. The maximum atomic E-state index is 13.1. The van der Waals surface area contributed by atoms with Crippen LogP contribution in [0, 0.1) is 5.82 Å². The summed E-state index contributed by atoms with van der Waals surface area (Å²) >= 11 is 0. The van der Waals surface area contributed by atoms with Crippen molar-refractivity contribution in [2.24, 2.45) is 0 Å². The third-order valence-electron chi connectivity index (χ3n) is 5.01. The molecular formula is C21H21FN4O2. The second kappa shape index (κ2) is 7.72. The lowest BCUT2D eigenvalue weighted by atomic mass is 10.0. The van der Waals surface area contributed by atoms with Crippen LogP contribution in [0.15, 0.2) is 54.6 Å². The van der Waals surface area contributed by atoms with Gasteiger partial charge in [-0.25, -0.2) is 4.39 Å². The Labute approximate surface area is 162 Å². The predicted octanol–water partition coefficient (Wildman–Crippen LogP) is 3.32. The van der Waals surface area contributed by atoms with Gasteiger partial charge in [-0.1, -0.05) is 0 Å². The van der Waals surface area contributed by atoms with Crippen LogP contribution in [0.2, 0.25) is 0 Å². The lowest BCUT2D eigenvalue weighted by Crippen LogP contribution is -2.44. The van der Waals surface area contributed by atoms with E-state index in [4.69, 9.17) is 0 Å². The highest BCUT2D eigenvalue weighted by Crippen LogP contribution is 2.22. The zero-order valence-corrected chi connectivity index (χ0v) is 15.2. The van der Waals surface area contributed by atoms with Crippen LogP contribution in [0.1, 0.15) is 23.3 Å². The number of phenolic OH excluding ortho intramolecular Hbond substituents is 1. The Morgan fingerprint density at radius 3 is 2.46 bits per heavy atom. The summed E-state index contributed by atoms with van der Waals surface area (Å²) in [4.78, 5) is 14.7. The van der Waals surface area contributed by atoms with E-state index in [0.717, 1.165) is 37.2 Å². The fraction of sp³-hybridized carbons (Fsp3) is 0.238. The maximum Gasteiger partial charge on any atom is 0.269 e. The average Bonchev–Trinajstić information content (AvgIpc) is 3.20. The molecule has 6 nitrogen and oxygen atoms in total. The van der Waals surface area contributed by atoms with Crippen molar-refractivity contribution in [2.45, 2.75) is 18.9 Å². The molecule has 0 atom stereocenters. The number of hydrogen-bond acceptors (Lipinski definition) is 4. The Morgan fingerprint density at radius 2 is 1.79 bits per heavy atom. The smallest absolute Gasteiger partial charge is 0.269 e. The molecule has 0 aliphatic carbocycles. The molecule has 0 saturated carbocycles. The first-order chi connectivity index (χ1) is 13.6. The summed E-state index contributed by atoms with van der Waals surface area (Å²) < 4.78 is 13.1. The zero-order chi connectivity index (χ0) is 19.5. The molecule has 0 spiro atoms. The van der Waals surface area contributed by atoms with Gasteiger partial charge >= 0.3 is 0 Å². The lowest BCUT2D eigenvalue weighted by molar-refractivity contribution is 0.0926. The number of piperidine rings is 1. The number of phenols is 1. The minimum absolute atomic E-state index is 0.0876. The molecular weight excluding hydrogens is 359 g/mol. The number of aromatic hydroxyl groups is 1. The number of hydrogen-bond donors (Lipinski definition) is 3. The molecule has 3 aromatic rings. The van der Waals surface area contributed by atoms with Crippen LogP contribution in [0.3, 0.4) is 0 Å². The number of halogens is 1. The van der Waals surface area contributed by atoms with Crippen molar-refractivity contribution in [3.05, 3.63) is 66.1 Å². The number of nitrogens with one attached hydrogen (secondary N) is 2. The Kier molecular flexibility index (Phi) is 4.97. The molecule has 2 heterocycles. The summed E-state index contributed by atoms with van der Waals surface area (Å²) in [5, 5.41) is 19.4. The van der Waals surface area contributed by atoms with E-state index in [2.05, 4.69) is 20.4 Å². The normalized spacial score (nSPS) is 14.8. The fourth-order valence-electron chi connectivity index (χ4n) is 3.42. The zero-order valence-electron chi connectivity index (χ0n) is 15.2. The quantitative estimate of drug-likeness (QED) is 0.649. The summed E-state index contributed by atoms with van der Waals surface area (Å²) in [6, 6.07) is 14.9. The molecule has 2 aromatic carbocycles. The molecule has 1 aliphatic heterocycles. The molecule has 144 valence electrons. The van der Waals surface area contributed by atoms with E-state index in [1.807, 2.05) is 0 Å². The first-order valence-electron chi connectivity index (χ1n) is 9.25. The second-order valence-electron chi connectivity index (χ2n) is 6.92. The first kappa shape index (κ1) is 18.0. The third-order valence-corrected chi connectivity index (χ3v) is 5.01. The van der Waals surface area contributed by atoms with Gasteiger partial charge in [0.25, 0.3) is 5.91 Å². The predicted molar refractivity (Wildman–Crippen MR) is 105 cm³/mol. The number of carbonyl (C=O) groups excluding carboxylic acids is 1. The van der Waals surface area contributed by atoms with Gasteiger partial charge in [0.15, 0.2) is 0 Å². The number of aromatic amines is 1. The van der Waals surface area contributed by atoms with Crippen molar-refractivity contribution in [1.29, 1.82) is 0 Å². The van der Waals surface area contributed by atoms with Crippen molar-refractivity contribution in [3.63, 3.8) is 0 Å². The summed E-state index contributed by atoms with van der Waals surface area (Å²) in [5.74, 6) is -0.237. The third kappa shape index (κ3) is 3.98. The second-order valence-corrected chi connectivity index (χ2v) is 6.92. The maximum absolute atomic E-state index is 13.1. The Bertz CT molecular complexity index is 945. The minimum atomic E-state index is -0.239. The molecule has 7 heteroatoms. The van der Waals surface area contributed by atoms with Crippen molar-refractivity contribution in [1.82, 2.24) is 15.5 Å². The van der Waals surface area contributed by atoms with Gasteiger partial charge in [-0.2, -0.15) is 5.10 Å². The van der Waals surface area contributed by atoms with Crippen molar-refractivity contribution in [2.75, 3.05) is 18.0 Å². The van der Waals surface area contributed by atoms with Crippen LogP contribution in [-0.2, 0) is 0 Å². The average molecular weight is 380 g/mol. The molecule has 1 saturated heterocycles. The van der Waals surface area contributed by atoms with E-state index in [-0.39, 0.29) is 23.5 Å². The molecule has 0 unspecified atom stereocenters. The number of H-pyrrole nitrogens is 1. The Morgan fingerprint density at radius 1 is 1.11 bits per heavy atom. The van der Waals surface area contributed by atoms with Gasteiger partial charge in [-0.05, 0) is 67.4 Å². The van der Waals surface area contributed by atoms with Crippen molar-refractivity contribution < 1.29 is 14.3 Å². The number of rotatable bonds is 4. The largest absolute Gasteiger partial charge is 0.508 e. The molecule has 28 heavy (non-hydrogen) atoms. The van der Waals surface area contributed by atoms with Crippen LogP contribution in [0.25, 0.3) is 11.3 Å². The molecule has 4 rings (SSSR count). The number of anilines is 1. The first-order valence-corrected chi connectivity index (χ1v) is 9.25. The summed E-state index contributed by atoms with van der Waals surface area (Å²) in [5.41, 5.74) is 2.87. The number of nitrogens with zero attached hydrogens (tertiary/aromatic N) is 2. The van der Waals surface area contributed by atoms with E-state index in [0.29, 0.717) is 11.4 Å².